The molecule has 0 aliphatic heterocycles. The Kier molecular flexibility index (Phi) is 6.09. The Morgan fingerprint density at radius 1 is 1.10 bits per heavy atom. The number of nitrogens with zero attached hydrogens (tertiary/aromatic N) is 5. The van der Waals surface area contributed by atoms with Gasteiger partial charge in [-0.25, -0.2) is 15.2 Å². The molecule has 0 fully saturated rings. The van der Waals surface area contributed by atoms with Crippen LogP contribution < -0.4 is 30.9 Å². The van der Waals surface area contributed by atoms with E-state index >= 15 is 0 Å². The summed E-state index contributed by atoms with van der Waals surface area (Å²) in [6.45, 7) is -0.212. The molecule has 31 heavy (non-hydrogen) atoms. The summed E-state index contributed by atoms with van der Waals surface area (Å²) in [5.74, 6) is 0.843. The SMILES string of the molecule is COc1cc(C=NNC(=O)Cn2cnc3c2c(=O)n(C)c(=O)n3C)cc(OC)c1OC. The second-order valence-corrected chi connectivity index (χ2v) is 6.50. The first-order valence-electron chi connectivity index (χ1n) is 9.05. The van der Waals surface area contributed by atoms with Crippen molar-refractivity contribution in [1.82, 2.24) is 24.1 Å². The van der Waals surface area contributed by atoms with Crippen LogP contribution in [0.3, 0.4) is 0 Å². The first kappa shape index (κ1) is 21.6. The smallest absolute Gasteiger partial charge is 0.332 e. The number of aryl methyl sites for hydroxylation is 1. The van der Waals surface area contributed by atoms with Crippen molar-refractivity contribution in [3.8, 4) is 17.2 Å². The lowest BCUT2D eigenvalue weighted by molar-refractivity contribution is -0.121. The van der Waals surface area contributed by atoms with Crippen molar-refractivity contribution in [3.63, 3.8) is 0 Å². The van der Waals surface area contributed by atoms with Gasteiger partial charge in [0.15, 0.2) is 22.7 Å². The van der Waals surface area contributed by atoms with E-state index in [9.17, 15) is 14.4 Å². The normalized spacial score (nSPS) is 11.1. The van der Waals surface area contributed by atoms with E-state index in [0.717, 1.165) is 4.57 Å². The van der Waals surface area contributed by atoms with E-state index in [4.69, 9.17) is 14.2 Å². The summed E-state index contributed by atoms with van der Waals surface area (Å²) >= 11 is 0. The summed E-state index contributed by atoms with van der Waals surface area (Å²) in [5, 5.41) is 3.93. The van der Waals surface area contributed by atoms with Crippen molar-refractivity contribution < 1.29 is 19.0 Å². The van der Waals surface area contributed by atoms with Gasteiger partial charge in [0.1, 0.15) is 6.54 Å². The molecule has 1 aromatic carbocycles. The number of hydrogen-bond donors (Lipinski definition) is 1. The highest BCUT2D eigenvalue weighted by atomic mass is 16.5. The standard InChI is InChI=1S/C19H22N6O6/c1-23-17-15(18(27)24(2)19(23)28)25(10-20-17)9-14(26)22-21-8-11-6-12(29-3)16(31-5)13(7-11)30-4/h6-8,10H,9H2,1-5H3,(H,22,26). The number of carbonyl (C=O) groups is 1. The molecule has 2 aromatic heterocycles. The van der Waals surface area contributed by atoms with Gasteiger partial charge < -0.3 is 18.8 Å². The zero-order valence-electron chi connectivity index (χ0n) is 17.7. The Bertz CT molecular complexity index is 1260. The molecular formula is C19H22N6O6. The Labute approximate surface area is 176 Å². The number of nitrogens with one attached hydrogen (secondary N) is 1. The Morgan fingerprint density at radius 2 is 1.74 bits per heavy atom. The van der Waals surface area contributed by atoms with Crippen LogP contribution in [-0.2, 0) is 25.4 Å². The molecule has 12 nitrogen and oxygen atoms in total. The second-order valence-electron chi connectivity index (χ2n) is 6.50. The minimum atomic E-state index is -0.538. The predicted molar refractivity (Wildman–Crippen MR) is 112 cm³/mol. The van der Waals surface area contributed by atoms with Gasteiger partial charge in [-0.1, -0.05) is 0 Å². The summed E-state index contributed by atoms with van der Waals surface area (Å²) in [5.41, 5.74) is 2.30. The molecule has 3 rings (SSSR count). The third-order valence-corrected chi connectivity index (χ3v) is 4.62. The van der Waals surface area contributed by atoms with E-state index in [-0.39, 0.29) is 17.7 Å². The molecule has 0 aliphatic carbocycles. The van der Waals surface area contributed by atoms with Crippen LogP contribution in [0, 0.1) is 0 Å². The maximum Gasteiger partial charge on any atom is 0.332 e. The maximum absolute atomic E-state index is 12.4. The Morgan fingerprint density at radius 3 is 2.32 bits per heavy atom. The van der Waals surface area contributed by atoms with Crippen molar-refractivity contribution in [3.05, 3.63) is 44.9 Å². The summed E-state index contributed by atoms with van der Waals surface area (Å²) in [6.07, 6.45) is 2.74. The number of benzene rings is 1. The average Bonchev–Trinajstić information content (AvgIpc) is 3.18. The molecule has 2 heterocycles. The molecule has 12 heteroatoms. The molecule has 0 unspecified atom stereocenters. The molecule has 1 N–H and O–H groups in total. The molecule has 0 aliphatic rings. The van der Waals surface area contributed by atoms with Gasteiger partial charge in [-0.15, -0.1) is 0 Å². The second kappa shape index (κ2) is 8.73. The Hall–Kier alpha value is -4.09. The number of carbonyl (C=O) groups excluding carboxylic acids is 1. The fourth-order valence-electron chi connectivity index (χ4n) is 3.06. The molecule has 1 amide bonds. The van der Waals surface area contributed by atoms with Crippen LogP contribution in [0.1, 0.15) is 5.56 Å². The minimum Gasteiger partial charge on any atom is -0.493 e. The van der Waals surface area contributed by atoms with Gasteiger partial charge in [0.2, 0.25) is 5.75 Å². The van der Waals surface area contributed by atoms with Gasteiger partial charge in [-0.05, 0) is 12.1 Å². The summed E-state index contributed by atoms with van der Waals surface area (Å²) < 4.78 is 19.4. The number of aromatic nitrogens is 4. The topological polar surface area (TPSA) is 131 Å². The molecule has 0 saturated carbocycles. The quantitative estimate of drug-likeness (QED) is 0.399. The molecule has 3 aromatic rings. The van der Waals surface area contributed by atoms with Gasteiger partial charge in [0.05, 0.1) is 33.9 Å². The van der Waals surface area contributed by atoms with Crippen molar-refractivity contribution >= 4 is 23.3 Å². The zero-order chi connectivity index (χ0) is 22.7. The maximum atomic E-state index is 12.4. The lowest BCUT2D eigenvalue weighted by Gasteiger charge is -2.12. The lowest BCUT2D eigenvalue weighted by atomic mass is 10.2. The van der Waals surface area contributed by atoms with E-state index in [1.807, 2.05) is 0 Å². The monoisotopic (exact) mass is 430 g/mol. The van der Waals surface area contributed by atoms with Gasteiger partial charge in [0, 0.05) is 19.7 Å². The zero-order valence-corrected chi connectivity index (χ0v) is 17.7. The molecule has 0 bridgehead atoms. The minimum absolute atomic E-state index is 0.147. The van der Waals surface area contributed by atoms with Crippen LogP contribution >= 0.6 is 0 Å². The third kappa shape index (κ3) is 3.99. The largest absolute Gasteiger partial charge is 0.493 e. The van der Waals surface area contributed by atoms with E-state index < -0.39 is 17.2 Å². The van der Waals surface area contributed by atoms with Crippen LogP contribution in [0.25, 0.3) is 11.2 Å². The number of rotatable bonds is 7. The summed E-state index contributed by atoms with van der Waals surface area (Å²) in [6, 6.07) is 3.34. The van der Waals surface area contributed by atoms with Crippen molar-refractivity contribution in [2.75, 3.05) is 21.3 Å². The van der Waals surface area contributed by atoms with Crippen molar-refractivity contribution in [2.45, 2.75) is 6.54 Å². The highest BCUT2D eigenvalue weighted by molar-refractivity contribution is 5.84. The molecule has 0 saturated heterocycles. The van der Waals surface area contributed by atoms with E-state index in [0.29, 0.717) is 22.8 Å². The van der Waals surface area contributed by atoms with Crippen molar-refractivity contribution in [1.29, 1.82) is 0 Å². The fraction of sp³-hybridized carbons (Fsp3) is 0.316. The van der Waals surface area contributed by atoms with E-state index in [2.05, 4.69) is 15.5 Å². The van der Waals surface area contributed by atoms with Crippen molar-refractivity contribution in [2.24, 2.45) is 19.2 Å². The number of ether oxygens (including phenoxy) is 3. The first-order valence-corrected chi connectivity index (χ1v) is 9.05. The summed E-state index contributed by atoms with van der Waals surface area (Å²) in [7, 11) is 7.36. The highest BCUT2D eigenvalue weighted by Crippen LogP contribution is 2.37. The molecule has 0 spiro atoms. The van der Waals surface area contributed by atoms with Gasteiger partial charge in [-0.2, -0.15) is 5.10 Å². The molecule has 0 atom stereocenters. The summed E-state index contributed by atoms with van der Waals surface area (Å²) in [4.78, 5) is 40.8. The number of fused-ring (bicyclic) bond motifs is 1. The number of imidazole rings is 1. The lowest BCUT2D eigenvalue weighted by Crippen LogP contribution is -2.38. The number of hydrazone groups is 1. The van der Waals surface area contributed by atoms with Crippen LogP contribution in [-0.4, -0.2) is 52.1 Å². The van der Waals surface area contributed by atoms with E-state index in [1.165, 1.54) is 57.1 Å². The van der Waals surface area contributed by atoms with Crippen LogP contribution in [0.4, 0.5) is 0 Å². The van der Waals surface area contributed by atoms with Crippen LogP contribution in [0.5, 0.6) is 17.2 Å². The molecule has 0 radical (unpaired) electrons. The number of amides is 1. The fourth-order valence-corrected chi connectivity index (χ4v) is 3.06. The Balaban J connectivity index is 1.79. The van der Waals surface area contributed by atoms with Crippen LogP contribution in [0.2, 0.25) is 0 Å². The predicted octanol–water partition coefficient (Wildman–Crippen LogP) is -0.390. The van der Waals surface area contributed by atoms with Gasteiger partial charge >= 0.3 is 5.69 Å². The molecule has 164 valence electrons. The van der Waals surface area contributed by atoms with E-state index in [1.54, 1.807) is 12.1 Å². The third-order valence-electron chi connectivity index (χ3n) is 4.62. The molecular weight excluding hydrogens is 408 g/mol. The van der Waals surface area contributed by atoms with Gasteiger partial charge in [-0.3, -0.25) is 18.7 Å². The van der Waals surface area contributed by atoms with Gasteiger partial charge in [0.25, 0.3) is 11.5 Å². The highest BCUT2D eigenvalue weighted by Gasteiger charge is 2.16. The number of hydrogen-bond acceptors (Lipinski definition) is 8. The first-order chi connectivity index (χ1) is 14.8. The number of methoxy groups -OCH3 is 3. The average molecular weight is 430 g/mol. The van der Waals surface area contributed by atoms with Crippen LogP contribution in [0.15, 0.2) is 33.2 Å².